The number of guanidine groups is 1. The van der Waals surface area contributed by atoms with Gasteiger partial charge in [0.25, 0.3) is 0 Å². The Bertz CT molecular complexity index is 796. The Morgan fingerprint density at radius 2 is 1.90 bits per heavy atom. The lowest BCUT2D eigenvalue weighted by Crippen LogP contribution is -2.39. The van der Waals surface area contributed by atoms with E-state index in [4.69, 9.17) is 10.5 Å². The maximum absolute atomic E-state index is 11.2. The molecule has 1 amide bonds. The molecule has 3 rings (SSSR count). The molecule has 3 N–H and O–H groups in total. The molecule has 0 saturated carbocycles. The highest BCUT2D eigenvalue weighted by Gasteiger charge is 2.24. The quantitative estimate of drug-likeness (QED) is 0.343. The van der Waals surface area contributed by atoms with Crippen molar-refractivity contribution in [2.45, 2.75) is 19.6 Å². The lowest BCUT2D eigenvalue weighted by atomic mass is 10.1. The highest BCUT2D eigenvalue weighted by molar-refractivity contribution is 14.0. The summed E-state index contributed by atoms with van der Waals surface area (Å²) >= 11 is 0. The number of rotatable bonds is 7. The van der Waals surface area contributed by atoms with E-state index in [0.717, 1.165) is 37.6 Å². The summed E-state index contributed by atoms with van der Waals surface area (Å²) in [6.45, 7) is 3.98. The zero-order chi connectivity index (χ0) is 19.8. The maximum Gasteiger partial charge on any atom is 0.248 e. The summed E-state index contributed by atoms with van der Waals surface area (Å²) in [6.07, 6.45) is 1.10. The molecule has 29 heavy (non-hydrogen) atoms. The number of primary amides is 1. The highest BCUT2D eigenvalue weighted by atomic mass is 127. The van der Waals surface area contributed by atoms with Crippen LogP contribution in [-0.2, 0) is 17.9 Å². The van der Waals surface area contributed by atoms with Gasteiger partial charge in [0.05, 0.1) is 13.2 Å². The molecule has 156 valence electrons. The van der Waals surface area contributed by atoms with Gasteiger partial charge in [-0.1, -0.05) is 42.5 Å². The number of nitrogens with two attached hydrogens (primary N) is 1. The molecule has 0 aromatic heterocycles. The van der Waals surface area contributed by atoms with Gasteiger partial charge >= 0.3 is 0 Å². The van der Waals surface area contributed by atoms with Crippen LogP contribution in [0.3, 0.4) is 0 Å². The molecule has 6 nitrogen and oxygen atoms in total. The number of nitrogens with zero attached hydrogens (tertiary/aromatic N) is 2. The molecule has 1 heterocycles. The Balaban J connectivity index is 0.00000300. The average Bonchev–Trinajstić information content (AvgIpc) is 3.18. The highest BCUT2D eigenvalue weighted by Crippen LogP contribution is 2.17. The van der Waals surface area contributed by atoms with E-state index >= 15 is 0 Å². The summed E-state index contributed by atoms with van der Waals surface area (Å²) in [4.78, 5) is 17.8. The van der Waals surface area contributed by atoms with Crippen molar-refractivity contribution in [3.8, 4) is 0 Å². The fraction of sp³-hybridized carbons (Fsp3) is 0.364. The molecule has 2 aromatic rings. The Labute approximate surface area is 189 Å². The molecule has 2 aromatic carbocycles. The molecule has 1 unspecified atom stereocenters. The summed E-state index contributed by atoms with van der Waals surface area (Å²) in [5.41, 5.74) is 8.08. The van der Waals surface area contributed by atoms with Gasteiger partial charge in [0.1, 0.15) is 0 Å². The topological polar surface area (TPSA) is 79.9 Å². The summed E-state index contributed by atoms with van der Waals surface area (Å²) < 4.78 is 5.90. The maximum atomic E-state index is 11.2. The normalized spacial score (nSPS) is 16.4. The minimum atomic E-state index is -0.409. The van der Waals surface area contributed by atoms with Crippen molar-refractivity contribution in [2.75, 3.05) is 26.7 Å². The SMILES string of the molecule is CN=C(NCc1ccc(C(N)=O)cc1)N1CCC(COCc2ccccc2)C1.I. The van der Waals surface area contributed by atoms with E-state index in [2.05, 4.69) is 27.3 Å². The number of benzene rings is 2. The standard InChI is InChI=1S/C22H28N4O2.HI/c1-24-22(25-13-17-7-9-20(10-8-17)21(23)27)26-12-11-19(14-26)16-28-15-18-5-3-2-4-6-18;/h2-10,19H,11-16H2,1H3,(H2,23,27)(H,24,25);1H. The van der Waals surface area contributed by atoms with Gasteiger partial charge in [-0.3, -0.25) is 9.79 Å². The zero-order valence-electron chi connectivity index (χ0n) is 16.7. The van der Waals surface area contributed by atoms with Crippen molar-refractivity contribution in [3.63, 3.8) is 0 Å². The number of amides is 1. The molecule has 0 radical (unpaired) electrons. The molecule has 0 aliphatic carbocycles. The number of nitrogens with one attached hydrogen (secondary N) is 1. The molecular weight excluding hydrogens is 479 g/mol. The number of hydrogen-bond acceptors (Lipinski definition) is 3. The van der Waals surface area contributed by atoms with E-state index in [-0.39, 0.29) is 24.0 Å². The number of aliphatic imine (C=N–C) groups is 1. The van der Waals surface area contributed by atoms with Crippen molar-refractivity contribution in [2.24, 2.45) is 16.6 Å². The Morgan fingerprint density at radius 1 is 1.17 bits per heavy atom. The van der Waals surface area contributed by atoms with E-state index < -0.39 is 5.91 Å². The van der Waals surface area contributed by atoms with Crippen LogP contribution in [0.4, 0.5) is 0 Å². The first-order valence-electron chi connectivity index (χ1n) is 9.61. The van der Waals surface area contributed by atoms with Crippen LogP contribution in [-0.4, -0.2) is 43.5 Å². The van der Waals surface area contributed by atoms with Gasteiger partial charge in [-0.05, 0) is 29.7 Å². The second-order valence-corrected chi connectivity index (χ2v) is 7.06. The molecule has 0 spiro atoms. The number of ether oxygens (including phenoxy) is 1. The van der Waals surface area contributed by atoms with Crippen LogP contribution in [0.15, 0.2) is 59.6 Å². The molecule has 1 fully saturated rings. The van der Waals surface area contributed by atoms with E-state index in [0.29, 0.717) is 24.6 Å². The fourth-order valence-corrected chi connectivity index (χ4v) is 3.38. The number of hydrogen-bond donors (Lipinski definition) is 2. The predicted molar refractivity (Wildman–Crippen MR) is 126 cm³/mol. The lowest BCUT2D eigenvalue weighted by molar-refractivity contribution is 0.0906. The van der Waals surface area contributed by atoms with Gasteiger partial charge in [-0.25, -0.2) is 0 Å². The molecule has 7 heteroatoms. The van der Waals surface area contributed by atoms with Crippen LogP contribution in [0.5, 0.6) is 0 Å². The average molecular weight is 508 g/mol. The summed E-state index contributed by atoms with van der Waals surface area (Å²) in [6, 6.07) is 17.6. The van der Waals surface area contributed by atoms with Crippen LogP contribution in [0, 0.1) is 5.92 Å². The Morgan fingerprint density at radius 3 is 2.55 bits per heavy atom. The zero-order valence-corrected chi connectivity index (χ0v) is 19.0. The largest absolute Gasteiger partial charge is 0.376 e. The third-order valence-corrected chi connectivity index (χ3v) is 4.95. The summed E-state index contributed by atoms with van der Waals surface area (Å²) in [7, 11) is 1.80. The van der Waals surface area contributed by atoms with Crippen molar-refractivity contribution in [3.05, 3.63) is 71.3 Å². The Kier molecular flexibility index (Phi) is 9.40. The minimum Gasteiger partial charge on any atom is -0.376 e. The van der Waals surface area contributed by atoms with Crippen LogP contribution < -0.4 is 11.1 Å². The first-order chi connectivity index (χ1) is 13.7. The van der Waals surface area contributed by atoms with E-state index in [1.54, 1.807) is 19.2 Å². The molecule has 1 aliphatic rings. The molecule has 1 atom stereocenters. The summed E-state index contributed by atoms with van der Waals surface area (Å²) in [5.74, 6) is 0.995. The lowest BCUT2D eigenvalue weighted by Gasteiger charge is -2.22. The van der Waals surface area contributed by atoms with E-state index in [9.17, 15) is 4.79 Å². The smallest absolute Gasteiger partial charge is 0.248 e. The monoisotopic (exact) mass is 508 g/mol. The molecule has 1 aliphatic heterocycles. The number of likely N-dealkylation sites (tertiary alicyclic amines) is 1. The van der Waals surface area contributed by atoms with Gasteiger partial charge in [-0.2, -0.15) is 0 Å². The van der Waals surface area contributed by atoms with Crippen LogP contribution in [0.25, 0.3) is 0 Å². The van der Waals surface area contributed by atoms with Crippen LogP contribution in [0.1, 0.15) is 27.9 Å². The fourth-order valence-electron chi connectivity index (χ4n) is 3.38. The molecular formula is C22H29IN4O2. The first kappa shape index (κ1) is 23.2. The van der Waals surface area contributed by atoms with Crippen LogP contribution >= 0.6 is 24.0 Å². The second kappa shape index (κ2) is 11.8. The number of carbonyl (C=O) groups is 1. The van der Waals surface area contributed by atoms with Gasteiger partial charge in [0.15, 0.2) is 5.96 Å². The van der Waals surface area contributed by atoms with Crippen molar-refractivity contribution >= 4 is 35.8 Å². The van der Waals surface area contributed by atoms with E-state index in [1.807, 2.05) is 30.3 Å². The summed E-state index contributed by atoms with van der Waals surface area (Å²) in [5, 5.41) is 3.40. The van der Waals surface area contributed by atoms with Crippen LogP contribution in [0.2, 0.25) is 0 Å². The van der Waals surface area contributed by atoms with Gasteiger partial charge in [-0.15, -0.1) is 24.0 Å². The van der Waals surface area contributed by atoms with Gasteiger partial charge in [0, 0.05) is 38.2 Å². The third-order valence-electron chi connectivity index (χ3n) is 4.95. The Hall–Kier alpha value is -2.13. The van der Waals surface area contributed by atoms with Gasteiger partial charge in [0.2, 0.25) is 5.91 Å². The number of carbonyl (C=O) groups excluding carboxylic acids is 1. The molecule has 1 saturated heterocycles. The van der Waals surface area contributed by atoms with Crippen molar-refractivity contribution < 1.29 is 9.53 Å². The van der Waals surface area contributed by atoms with Crippen molar-refractivity contribution in [1.82, 2.24) is 10.2 Å². The second-order valence-electron chi connectivity index (χ2n) is 7.06. The number of halogens is 1. The molecule has 0 bridgehead atoms. The first-order valence-corrected chi connectivity index (χ1v) is 9.61. The van der Waals surface area contributed by atoms with Crippen molar-refractivity contribution in [1.29, 1.82) is 0 Å². The predicted octanol–water partition coefficient (Wildman–Crippen LogP) is 3.02. The third kappa shape index (κ3) is 7.01. The minimum absolute atomic E-state index is 0. The van der Waals surface area contributed by atoms with Gasteiger partial charge < -0.3 is 20.7 Å². The van der Waals surface area contributed by atoms with E-state index in [1.165, 1.54) is 5.56 Å².